The first-order valence-electron chi connectivity index (χ1n) is 5.48. The molecule has 0 aromatic carbocycles. The second-order valence-electron chi connectivity index (χ2n) is 5.11. The van der Waals surface area contributed by atoms with Gasteiger partial charge in [0, 0.05) is 0 Å². The molecule has 1 N–H and O–H groups in total. The zero-order valence-electron chi connectivity index (χ0n) is 7.83. The van der Waals surface area contributed by atoms with Gasteiger partial charge < -0.3 is 5.11 Å². The molecule has 2 bridgehead atoms. The SMILES string of the molecule is O=C(O)[C@@]12CCC[C@H]1[C@H]1CC[C@H]2C1. The van der Waals surface area contributed by atoms with Crippen LogP contribution >= 0.6 is 0 Å². The van der Waals surface area contributed by atoms with Gasteiger partial charge in [-0.15, -0.1) is 0 Å². The first kappa shape index (κ1) is 7.84. The lowest BCUT2D eigenvalue weighted by molar-refractivity contribution is -0.154. The van der Waals surface area contributed by atoms with Crippen LogP contribution in [0.25, 0.3) is 0 Å². The van der Waals surface area contributed by atoms with E-state index >= 15 is 0 Å². The Bertz CT molecular complexity index is 261. The molecule has 0 spiro atoms. The van der Waals surface area contributed by atoms with E-state index in [1.807, 2.05) is 0 Å². The average Bonchev–Trinajstić information content (AvgIpc) is 2.76. The summed E-state index contributed by atoms with van der Waals surface area (Å²) in [6.45, 7) is 0. The van der Waals surface area contributed by atoms with Crippen LogP contribution < -0.4 is 0 Å². The lowest BCUT2D eigenvalue weighted by Crippen LogP contribution is -2.39. The van der Waals surface area contributed by atoms with E-state index < -0.39 is 5.97 Å². The van der Waals surface area contributed by atoms with Crippen LogP contribution in [0, 0.1) is 23.2 Å². The molecular formula is C11H16O2. The molecule has 0 amide bonds. The van der Waals surface area contributed by atoms with Gasteiger partial charge in [0.05, 0.1) is 5.41 Å². The zero-order valence-corrected chi connectivity index (χ0v) is 7.83. The van der Waals surface area contributed by atoms with E-state index in [9.17, 15) is 9.90 Å². The quantitative estimate of drug-likeness (QED) is 0.672. The van der Waals surface area contributed by atoms with Gasteiger partial charge >= 0.3 is 5.97 Å². The van der Waals surface area contributed by atoms with Crippen molar-refractivity contribution in [2.45, 2.75) is 38.5 Å². The van der Waals surface area contributed by atoms with Crippen molar-refractivity contribution in [3.05, 3.63) is 0 Å². The predicted octanol–water partition coefficient (Wildman–Crippen LogP) is 2.29. The van der Waals surface area contributed by atoms with Crippen molar-refractivity contribution in [2.24, 2.45) is 23.2 Å². The first-order chi connectivity index (χ1) is 6.25. The van der Waals surface area contributed by atoms with Crippen LogP contribution in [0.5, 0.6) is 0 Å². The zero-order chi connectivity index (χ0) is 9.05. The second-order valence-corrected chi connectivity index (χ2v) is 5.11. The fourth-order valence-electron chi connectivity index (χ4n) is 4.51. The maximum absolute atomic E-state index is 11.4. The van der Waals surface area contributed by atoms with E-state index in [4.69, 9.17) is 0 Å². The number of hydrogen-bond donors (Lipinski definition) is 1. The summed E-state index contributed by atoms with van der Waals surface area (Å²) in [4.78, 5) is 11.4. The van der Waals surface area contributed by atoms with Crippen molar-refractivity contribution in [3.63, 3.8) is 0 Å². The van der Waals surface area contributed by atoms with E-state index in [0.29, 0.717) is 11.8 Å². The Balaban J connectivity index is 2.04. The van der Waals surface area contributed by atoms with E-state index in [-0.39, 0.29) is 5.41 Å². The van der Waals surface area contributed by atoms with Gasteiger partial charge in [-0.2, -0.15) is 0 Å². The fraction of sp³-hybridized carbons (Fsp3) is 0.909. The van der Waals surface area contributed by atoms with Crippen LogP contribution in [0.2, 0.25) is 0 Å². The third-order valence-electron chi connectivity index (χ3n) is 4.94. The molecule has 3 aliphatic rings. The minimum Gasteiger partial charge on any atom is -0.481 e. The molecule has 2 heteroatoms. The topological polar surface area (TPSA) is 37.3 Å². The van der Waals surface area contributed by atoms with E-state index in [2.05, 4.69) is 0 Å². The molecule has 0 heterocycles. The summed E-state index contributed by atoms with van der Waals surface area (Å²) in [5, 5.41) is 9.40. The van der Waals surface area contributed by atoms with Crippen LogP contribution in [-0.4, -0.2) is 11.1 Å². The van der Waals surface area contributed by atoms with E-state index in [1.54, 1.807) is 0 Å². The normalized spacial score (nSPS) is 52.5. The summed E-state index contributed by atoms with van der Waals surface area (Å²) >= 11 is 0. The van der Waals surface area contributed by atoms with Gasteiger partial charge in [-0.25, -0.2) is 0 Å². The molecule has 3 aliphatic carbocycles. The number of fused-ring (bicyclic) bond motifs is 5. The van der Waals surface area contributed by atoms with E-state index in [1.165, 1.54) is 25.7 Å². The van der Waals surface area contributed by atoms with Crippen molar-refractivity contribution in [2.75, 3.05) is 0 Å². The molecule has 0 aliphatic heterocycles. The highest BCUT2D eigenvalue weighted by atomic mass is 16.4. The van der Waals surface area contributed by atoms with Crippen LogP contribution in [0.3, 0.4) is 0 Å². The van der Waals surface area contributed by atoms with Gasteiger partial charge in [-0.3, -0.25) is 4.79 Å². The van der Waals surface area contributed by atoms with Crippen LogP contribution in [-0.2, 0) is 4.79 Å². The number of carbonyl (C=O) groups is 1. The van der Waals surface area contributed by atoms with Gasteiger partial charge in [0.2, 0.25) is 0 Å². The third-order valence-corrected chi connectivity index (χ3v) is 4.94. The molecule has 3 saturated carbocycles. The molecule has 0 aromatic rings. The number of carboxylic acid groups (broad SMARTS) is 1. The van der Waals surface area contributed by atoms with Gasteiger partial charge in [-0.1, -0.05) is 6.42 Å². The number of rotatable bonds is 1. The molecule has 0 radical (unpaired) electrons. The van der Waals surface area contributed by atoms with Crippen LogP contribution in [0.4, 0.5) is 0 Å². The highest BCUT2D eigenvalue weighted by Crippen LogP contribution is 2.66. The Kier molecular flexibility index (Phi) is 1.38. The molecule has 4 atom stereocenters. The molecule has 0 saturated heterocycles. The molecular weight excluding hydrogens is 164 g/mol. The summed E-state index contributed by atoms with van der Waals surface area (Å²) in [7, 11) is 0. The largest absolute Gasteiger partial charge is 0.481 e. The summed E-state index contributed by atoms with van der Waals surface area (Å²) < 4.78 is 0. The van der Waals surface area contributed by atoms with Gasteiger partial charge in [0.15, 0.2) is 0 Å². The van der Waals surface area contributed by atoms with Crippen molar-refractivity contribution < 1.29 is 9.90 Å². The second kappa shape index (κ2) is 2.28. The predicted molar refractivity (Wildman–Crippen MR) is 48.2 cm³/mol. The summed E-state index contributed by atoms with van der Waals surface area (Å²) in [5.74, 6) is 1.36. The highest BCUT2D eigenvalue weighted by Gasteiger charge is 2.63. The number of carboxylic acids is 1. The Morgan fingerprint density at radius 1 is 1.31 bits per heavy atom. The monoisotopic (exact) mass is 180 g/mol. The van der Waals surface area contributed by atoms with Crippen molar-refractivity contribution >= 4 is 5.97 Å². The number of hydrogen-bond acceptors (Lipinski definition) is 1. The van der Waals surface area contributed by atoms with Crippen molar-refractivity contribution in [1.29, 1.82) is 0 Å². The average molecular weight is 180 g/mol. The molecule has 0 unspecified atom stereocenters. The van der Waals surface area contributed by atoms with Gasteiger partial charge in [0.1, 0.15) is 0 Å². The lowest BCUT2D eigenvalue weighted by atomic mass is 9.68. The minimum absolute atomic E-state index is 0.261. The Hall–Kier alpha value is -0.530. The van der Waals surface area contributed by atoms with Crippen molar-refractivity contribution in [1.82, 2.24) is 0 Å². The van der Waals surface area contributed by atoms with Gasteiger partial charge in [-0.05, 0) is 49.9 Å². The molecule has 2 nitrogen and oxygen atoms in total. The molecule has 13 heavy (non-hydrogen) atoms. The van der Waals surface area contributed by atoms with Crippen molar-refractivity contribution in [3.8, 4) is 0 Å². The van der Waals surface area contributed by atoms with Crippen LogP contribution in [0.15, 0.2) is 0 Å². The van der Waals surface area contributed by atoms with Crippen LogP contribution in [0.1, 0.15) is 38.5 Å². The Labute approximate surface area is 78.3 Å². The summed E-state index contributed by atoms with van der Waals surface area (Å²) in [5.41, 5.74) is -0.261. The Morgan fingerprint density at radius 2 is 2.15 bits per heavy atom. The molecule has 0 aromatic heterocycles. The fourth-order valence-corrected chi connectivity index (χ4v) is 4.51. The van der Waals surface area contributed by atoms with E-state index in [0.717, 1.165) is 18.8 Å². The third kappa shape index (κ3) is 0.733. The molecule has 72 valence electrons. The highest BCUT2D eigenvalue weighted by molar-refractivity contribution is 5.77. The minimum atomic E-state index is -0.484. The Morgan fingerprint density at radius 3 is 2.85 bits per heavy atom. The molecule has 3 fully saturated rings. The first-order valence-corrected chi connectivity index (χ1v) is 5.48. The maximum Gasteiger partial charge on any atom is 0.310 e. The summed E-state index contributed by atoms with van der Waals surface area (Å²) in [6.07, 6.45) is 7.03. The number of aliphatic carboxylic acids is 1. The smallest absolute Gasteiger partial charge is 0.310 e. The lowest BCUT2D eigenvalue weighted by Gasteiger charge is -2.35. The molecule has 3 rings (SSSR count). The maximum atomic E-state index is 11.4. The van der Waals surface area contributed by atoms with Gasteiger partial charge in [0.25, 0.3) is 0 Å². The summed E-state index contributed by atoms with van der Waals surface area (Å²) in [6, 6.07) is 0. The standard InChI is InChI=1S/C11H16O2/c12-10(13)11-5-1-2-9(11)7-3-4-8(11)6-7/h7-9H,1-6H2,(H,12,13)/t7-,8-,9-,11+/m0/s1.